The molecule has 2 unspecified atom stereocenters. The van der Waals surface area contributed by atoms with Crippen LogP contribution in [-0.2, 0) is 0 Å². The van der Waals surface area contributed by atoms with Crippen LogP contribution in [0.1, 0.15) is 17.4 Å². The van der Waals surface area contributed by atoms with Crippen LogP contribution in [0.2, 0.25) is 0 Å². The van der Waals surface area contributed by atoms with Crippen molar-refractivity contribution in [3.05, 3.63) is 32.6 Å². The highest BCUT2D eigenvalue weighted by Gasteiger charge is 2.18. The Bertz CT molecular complexity index is 492. The van der Waals surface area contributed by atoms with Crippen LogP contribution in [0.15, 0.2) is 15.7 Å². The Morgan fingerprint density at radius 2 is 2.17 bits per heavy atom. The Balaban J connectivity index is 2.82. The Morgan fingerprint density at radius 1 is 1.50 bits per heavy atom. The number of nitrogens with one attached hydrogen (secondary N) is 3. The second-order valence-electron chi connectivity index (χ2n) is 3.72. The molecule has 1 amide bonds. The molecule has 0 saturated heterocycles. The van der Waals surface area contributed by atoms with Gasteiger partial charge in [-0.05, 0) is 13.2 Å². The van der Waals surface area contributed by atoms with Crippen LogP contribution < -0.4 is 16.6 Å². The molecule has 0 bridgehead atoms. The first kappa shape index (κ1) is 14.5. The highest BCUT2D eigenvalue weighted by Crippen LogP contribution is 2.10. The van der Waals surface area contributed by atoms with E-state index in [4.69, 9.17) is 5.11 Å². The van der Waals surface area contributed by atoms with Crippen molar-refractivity contribution in [2.75, 3.05) is 12.9 Å². The van der Waals surface area contributed by atoms with Crippen molar-refractivity contribution in [1.29, 1.82) is 0 Å². The van der Waals surface area contributed by atoms with Crippen molar-refractivity contribution in [3.8, 4) is 0 Å². The van der Waals surface area contributed by atoms with E-state index in [0.717, 1.165) is 6.07 Å². The molecule has 0 spiro atoms. The first-order chi connectivity index (χ1) is 8.47. The summed E-state index contributed by atoms with van der Waals surface area (Å²) < 4.78 is 0. The van der Waals surface area contributed by atoms with Crippen LogP contribution >= 0.6 is 11.8 Å². The van der Waals surface area contributed by atoms with E-state index in [-0.39, 0.29) is 23.6 Å². The maximum Gasteiger partial charge on any atom is 0.326 e. The molecule has 4 N–H and O–H groups in total. The van der Waals surface area contributed by atoms with Gasteiger partial charge in [-0.25, -0.2) is 4.79 Å². The second kappa shape index (κ2) is 6.41. The smallest absolute Gasteiger partial charge is 0.326 e. The number of aromatic amines is 2. The fourth-order valence-electron chi connectivity index (χ4n) is 1.41. The summed E-state index contributed by atoms with van der Waals surface area (Å²) in [5.74, 6) is -0.557. The van der Waals surface area contributed by atoms with Crippen molar-refractivity contribution in [2.24, 2.45) is 0 Å². The van der Waals surface area contributed by atoms with Gasteiger partial charge >= 0.3 is 5.69 Å². The van der Waals surface area contributed by atoms with E-state index in [1.165, 1.54) is 11.8 Å². The molecule has 0 aromatic carbocycles. The molecule has 0 fully saturated rings. The largest absolute Gasteiger partial charge is 0.395 e. The molecule has 1 rings (SSSR count). The van der Waals surface area contributed by atoms with Gasteiger partial charge in [0.15, 0.2) is 0 Å². The number of carbonyl (C=O) groups is 1. The number of aliphatic hydroxyl groups is 1. The molecule has 2 atom stereocenters. The zero-order valence-corrected chi connectivity index (χ0v) is 10.8. The second-order valence-corrected chi connectivity index (χ2v) is 4.80. The molecule has 1 aromatic rings. The molecular weight excluding hydrogens is 258 g/mol. The van der Waals surface area contributed by atoms with Gasteiger partial charge in [0.25, 0.3) is 11.5 Å². The molecule has 0 aliphatic rings. The molecule has 18 heavy (non-hydrogen) atoms. The van der Waals surface area contributed by atoms with E-state index in [1.54, 1.807) is 6.92 Å². The molecule has 100 valence electrons. The maximum atomic E-state index is 11.8. The molecule has 1 aromatic heterocycles. The van der Waals surface area contributed by atoms with E-state index in [9.17, 15) is 14.4 Å². The summed E-state index contributed by atoms with van der Waals surface area (Å²) in [6.45, 7) is 1.66. The average Bonchev–Trinajstić information content (AvgIpc) is 2.29. The lowest BCUT2D eigenvalue weighted by Crippen LogP contribution is -2.42. The third-order valence-corrected chi connectivity index (χ3v) is 3.57. The minimum Gasteiger partial charge on any atom is -0.395 e. The average molecular weight is 273 g/mol. The zero-order valence-electron chi connectivity index (χ0n) is 10.0. The van der Waals surface area contributed by atoms with E-state index in [1.807, 2.05) is 11.2 Å². The fraction of sp³-hybridized carbons (Fsp3) is 0.500. The third-order valence-electron chi connectivity index (χ3n) is 2.40. The standard InChI is InChI=1S/C10H15N3O4S/c1-5(7(4-14)18-2)11-9(16)6-3-8(15)13-10(17)12-6/h3,5,7,14H,4H2,1-2H3,(H,11,16)(H2,12,13,15,17). The predicted octanol–water partition coefficient (Wildman–Crippen LogP) is -1.09. The van der Waals surface area contributed by atoms with Gasteiger partial charge in [-0.3, -0.25) is 14.6 Å². The lowest BCUT2D eigenvalue weighted by atomic mass is 10.2. The molecule has 0 aliphatic heterocycles. The Labute approximate surface area is 107 Å². The highest BCUT2D eigenvalue weighted by atomic mass is 32.2. The van der Waals surface area contributed by atoms with Crippen molar-refractivity contribution in [3.63, 3.8) is 0 Å². The number of hydrogen-bond donors (Lipinski definition) is 4. The summed E-state index contributed by atoms with van der Waals surface area (Å²) in [5.41, 5.74) is -1.47. The number of thioether (sulfide) groups is 1. The van der Waals surface area contributed by atoms with Gasteiger partial charge in [0.1, 0.15) is 5.69 Å². The monoisotopic (exact) mass is 273 g/mol. The summed E-state index contributed by atoms with van der Waals surface area (Å²) in [7, 11) is 0. The third kappa shape index (κ3) is 3.74. The number of rotatable bonds is 5. The highest BCUT2D eigenvalue weighted by molar-refractivity contribution is 7.99. The SMILES string of the molecule is CSC(CO)C(C)NC(=O)c1cc(=O)[nH]c(=O)[nH]1. The van der Waals surface area contributed by atoms with E-state index >= 15 is 0 Å². The fourth-order valence-corrected chi connectivity index (χ4v) is 2.03. The van der Waals surface area contributed by atoms with Gasteiger partial charge in [-0.2, -0.15) is 11.8 Å². The van der Waals surface area contributed by atoms with E-state index in [0.29, 0.717) is 0 Å². The molecule has 0 aliphatic carbocycles. The van der Waals surface area contributed by atoms with Crippen LogP contribution in [-0.4, -0.2) is 45.1 Å². The van der Waals surface area contributed by atoms with Gasteiger partial charge in [-0.15, -0.1) is 0 Å². The number of hydrogen-bond acceptors (Lipinski definition) is 5. The normalized spacial score (nSPS) is 13.9. The van der Waals surface area contributed by atoms with Crippen LogP contribution in [0.3, 0.4) is 0 Å². The molecule has 8 heteroatoms. The summed E-state index contributed by atoms with van der Waals surface area (Å²) in [6.07, 6.45) is 1.82. The van der Waals surface area contributed by atoms with Gasteiger partial charge < -0.3 is 15.4 Å². The Morgan fingerprint density at radius 3 is 2.67 bits per heavy atom. The van der Waals surface area contributed by atoms with Gasteiger partial charge in [0.2, 0.25) is 0 Å². The summed E-state index contributed by atoms with van der Waals surface area (Å²) in [5, 5.41) is 11.5. The maximum absolute atomic E-state index is 11.8. The Kier molecular flexibility index (Phi) is 5.17. The Hall–Kier alpha value is -1.54. The van der Waals surface area contributed by atoms with Crippen LogP contribution in [0.5, 0.6) is 0 Å². The summed E-state index contributed by atoms with van der Waals surface area (Å²) >= 11 is 1.42. The number of carbonyl (C=O) groups excluding carboxylic acids is 1. The van der Waals surface area contributed by atoms with Gasteiger partial charge in [0.05, 0.1) is 6.61 Å². The topological polar surface area (TPSA) is 115 Å². The van der Waals surface area contributed by atoms with Gasteiger partial charge in [0, 0.05) is 17.4 Å². The van der Waals surface area contributed by atoms with Crippen molar-refractivity contribution in [2.45, 2.75) is 18.2 Å². The zero-order chi connectivity index (χ0) is 13.7. The number of H-pyrrole nitrogens is 2. The van der Waals surface area contributed by atoms with E-state index < -0.39 is 17.2 Å². The quantitative estimate of drug-likeness (QED) is 0.544. The molecule has 0 saturated carbocycles. The van der Waals surface area contributed by atoms with Crippen LogP contribution in [0.4, 0.5) is 0 Å². The van der Waals surface area contributed by atoms with E-state index in [2.05, 4.69) is 10.3 Å². The molecule has 1 heterocycles. The van der Waals surface area contributed by atoms with Gasteiger partial charge in [-0.1, -0.05) is 0 Å². The van der Waals surface area contributed by atoms with Crippen molar-refractivity contribution < 1.29 is 9.90 Å². The summed E-state index contributed by atoms with van der Waals surface area (Å²) in [6, 6.07) is 0.719. The lowest BCUT2D eigenvalue weighted by Gasteiger charge is -2.21. The van der Waals surface area contributed by atoms with Crippen LogP contribution in [0.25, 0.3) is 0 Å². The predicted molar refractivity (Wildman–Crippen MR) is 69.0 cm³/mol. The number of aromatic nitrogens is 2. The molecular formula is C10H15N3O4S. The van der Waals surface area contributed by atoms with Crippen LogP contribution in [0, 0.1) is 0 Å². The number of aliphatic hydroxyl groups excluding tert-OH is 1. The molecule has 0 radical (unpaired) electrons. The van der Waals surface area contributed by atoms with Crippen molar-refractivity contribution in [1.82, 2.24) is 15.3 Å². The van der Waals surface area contributed by atoms with Crippen molar-refractivity contribution >= 4 is 17.7 Å². The lowest BCUT2D eigenvalue weighted by molar-refractivity contribution is 0.0930. The first-order valence-corrected chi connectivity index (χ1v) is 6.55. The summed E-state index contributed by atoms with van der Waals surface area (Å²) in [4.78, 5) is 38.0. The minimum atomic E-state index is -0.733. The minimum absolute atomic E-state index is 0.0749. The first-order valence-electron chi connectivity index (χ1n) is 5.26. The molecule has 7 nitrogen and oxygen atoms in total. The number of amides is 1.